The monoisotopic (exact) mass is 550 g/mol. The van der Waals surface area contributed by atoms with Gasteiger partial charge in [0.25, 0.3) is 5.91 Å². The number of carboxylic acids is 1. The Morgan fingerprint density at radius 2 is 1.80 bits per heavy atom. The standard InChI is InChI=1S/C34H31ClN2O3/c1-4-11-32(24-13-6-5-7-14-24)37-33(38)25-15-10-16-28(30(20-25)34(39)40)29-21-26(35)18-19-27(29)23(3)36-31-17-9-8-12-22(31)2/h5-9,12-14,17-21,32H,4,11,16H2,1-3H3,(H,37,38)(H,39,40)/t32-/m1/s1. The highest BCUT2D eigenvalue weighted by Crippen LogP contribution is 2.32. The lowest BCUT2D eigenvalue weighted by atomic mass is 9.91. The third-order valence-electron chi connectivity index (χ3n) is 6.76. The van der Waals surface area contributed by atoms with Gasteiger partial charge in [-0.2, -0.15) is 0 Å². The van der Waals surface area contributed by atoms with Gasteiger partial charge in [-0.3, -0.25) is 9.79 Å². The molecule has 1 atom stereocenters. The Labute approximate surface area is 240 Å². The van der Waals surface area contributed by atoms with Crippen molar-refractivity contribution in [1.82, 2.24) is 5.32 Å². The molecule has 3 aromatic carbocycles. The average molecular weight is 551 g/mol. The van der Waals surface area contributed by atoms with Crippen LogP contribution < -0.4 is 5.32 Å². The van der Waals surface area contributed by atoms with Gasteiger partial charge >= 0.3 is 5.97 Å². The van der Waals surface area contributed by atoms with Crippen molar-refractivity contribution >= 4 is 40.4 Å². The molecule has 6 heteroatoms. The molecular formula is C34H31ClN2O3. The van der Waals surface area contributed by atoms with Gasteiger partial charge < -0.3 is 10.4 Å². The van der Waals surface area contributed by atoms with E-state index in [-0.39, 0.29) is 23.6 Å². The Balaban J connectivity index is 1.76. The lowest BCUT2D eigenvalue weighted by Crippen LogP contribution is -2.29. The maximum Gasteiger partial charge on any atom is 0.336 e. The Bertz CT molecular complexity index is 1590. The zero-order valence-electron chi connectivity index (χ0n) is 22.8. The first-order valence-corrected chi connectivity index (χ1v) is 13.6. The van der Waals surface area contributed by atoms with Gasteiger partial charge in [-0.25, -0.2) is 4.79 Å². The molecule has 5 nitrogen and oxygen atoms in total. The second-order valence-corrected chi connectivity index (χ2v) is 10.1. The summed E-state index contributed by atoms with van der Waals surface area (Å²) in [6.07, 6.45) is 3.13. The number of carbonyl (C=O) groups excluding carboxylic acids is 1. The fourth-order valence-corrected chi connectivity index (χ4v) is 4.86. The topological polar surface area (TPSA) is 78.8 Å². The summed E-state index contributed by atoms with van der Waals surface area (Å²) in [6.45, 7) is 5.92. The van der Waals surface area contributed by atoms with E-state index in [1.54, 1.807) is 12.1 Å². The summed E-state index contributed by atoms with van der Waals surface area (Å²) in [5.41, 5.74) is 5.50. The van der Waals surface area contributed by atoms with Crippen LogP contribution in [0.15, 0.2) is 95.0 Å². The number of aryl methyl sites for hydroxylation is 1. The number of hydrogen-bond acceptors (Lipinski definition) is 3. The minimum Gasteiger partial charge on any atom is -0.478 e. The molecule has 0 saturated carbocycles. The van der Waals surface area contributed by atoms with Crippen LogP contribution in [0.25, 0.3) is 5.57 Å². The fraction of sp³-hybridized carbons (Fsp3) is 0.206. The second kappa shape index (κ2) is 13.1. The van der Waals surface area contributed by atoms with E-state index in [2.05, 4.69) is 24.1 Å². The number of amides is 1. The van der Waals surface area contributed by atoms with Gasteiger partial charge in [0.2, 0.25) is 0 Å². The first kappa shape index (κ1) is 28.6. The maximum atomic E-state index is 13.3. The SMILES string of the molecule is CCC[C@@H](NC(=O)C1=CC(C(=O)O)=C(c2cc(Cl)ccc2C(C)=Nc2ccccc2C)CC#C1)c1ccccc1. The summed E-state index contributed by atoms with van der Waals surface area (Å²) in [7, 11) is 0. The molecule has 4 rings (SSSR count). The molecule has 0 heterocycles. The summed E-state index contributed by atoms with van der Waals surface area (Å²) in [6, 6.07) is 22.6. The number of benzene rings is 3. The molecule has 1 amide bonds. The lowest BCUT2D eigenvalue weighted by Gasteiger charge is -2.18. The van der Waals surface area contributed by atoms with E-state index in [9.17, 15) is 14.7 Å². The Morgan fingerprint density at radius 1 is 1.07 bits per heavy atom. The molecule has 2 N–H and O–H groups in total. The molecule has 1 aliphatic carbocycles. The zero-order valence-corrected chi connectivity index (χ0v) is 23.5. The molecule has 3 aromatic rings. The van der Waals surface area contributed by atoms with Crippen LogP contribution in [0, 0.1) is 18.8 Å². The molecule has 0 aromatic heterocycles. The molecule has 202 valence electrons. The molecule has 40 heavy (non-hydrogen) atoms. The fourth-order valence-electron chi connectivity index (χ4n) is 4.69. The van der Waals surface area contributed by atoms with Crippen LogP contribution in [0.4, 0.5) is 5.69 Å². The third kappa shape index (κ3) is 6.77. The number of carbonyl (C=O) groups is 2. The van der Waals surface area contributed by atoms with E-state index < -0.39 is 11.9 Å². The van der Waals surface area contributed by atoms with Gasteiger partial charge in [-0.1, -0.05) is 91.4 Å². The normalized spacial score (nSPS) is 14.0. The van der Waals surface area contributed by atoms with Gasteiger partial charge in [-0.05, 0) is 66.8 Å². The molecule has 0 saturated heterocycles. The van der Waals surface area contributed by atoms with E-state index >= 15 is 0 Å². The number of aliphatic carboxylic acids is 1. The number of halogens is 1. The maximum absolute atomic E-state index is 13.3. The van der Waals surface area contributed by atoms with Crippen LogP contribution in [0.5, 0.6) is 0 Å². The van der Waals surface area contributed by atoms with Gasteiger partial charge in [0, 0.05) is 22.7 Å². The van der Waals surface area contributed by atoms with Crippen molar-refractivity contribution in [2.75, 3.05) is 0 Å². The number of nitrogens with one attached hydrogen (secondary N) is 1. The summed E-state index contributed by atoms with van der Waals surface area (Å²) >= 11 is 6.39. The van der Waals surface area contributed by atoms with Gasteiger partial charge in [0.15, 0.2) is 0 Å². The first-order chi connectivity index (χ1) is 19.3. The number of para-hydroxylation sites is 1. The van der Waals surface area contributed by atoms with Crippen molar-refractivity contribution in [3.05, 3.63) is 117 Å². The van der Waals surface area contributed by atoms with E-state index in [4.69, 9.17) is 16.6 Å². The highest BCUT2D eigenvalue weighted by molar-refractivity contribution is 6.31. The second-order valence-electron chi connectivity index (χ2n) is 9.63. The number of rotatable bonds is 9. The van der Waals surface area contributed by atoms with Crippen LogP contribution >= 0.6 is 11.6 Å². The number of nitrogens with zero attached hydrogens (tertiary/aromatic N) is 1. The van der Waals surface area contributed by atoms with Gasteiger partial charge in [0.05, 0.1) is 22.9 Å². The van der Waals surface area contributed by atoms with Crippen LogP contribution in [0.3, 0.4) is 0 Å². The molecular weight excluding hydrogens is 520 g/mol. The summed E-state index contributed by atoms with van der Waals surface area (Å²) in [5.74, 6) is 4.37. The summed E-state index contributed by atoms with van der Waals surface area (Å²) < 4.78 is 0. The minimum absolute atomic E-state index is 0.0124. The van der Waals surface area contributed by atoms with Crippen molar-refractivity contribution in [1.29, 1.82) is 0 Å². The molecule has 0 bridgehead atoms. The Morgan fingerprint density at radius 3 is 2.50 bits per heavy atom. The Kier molecular flexibility index (Phi) is 9.37. The van der Waals surface area contributed by atoms with Crippen molar-refractivity contribution < 1.29 is 14.7 Å². The van der Waals surface area contributed by atoms with Crippen molar-refractivity contribution in [3.63, 3.8) is 0 Å². The number of aliphatic imine (C=N–C) groups is 1. The van der Waals surface area contributed by atoms with Crippen molar-refractivity contribution in [2.45, 2.75) is 46.1 Å². The van der Waals surface area contributed by atoms with E-state index in [0.29, 0.717) is 21.9 Å². The smallest absolute Gasteiger partial charge is 0.336 e. The predicted molar refractivity (Wildman–Crippen MR) is 162 cm³/mol. The van der Waals surface area contributed by atoms with Crippen LogP contribution in [-0.4, -0.2) is 22.7 Å². The Hall–Kier alpha value is -4.40. The van der Waals surface area contributed by atoms with Crippen LogP contribution in [0.2, 0.25) is 5.02 Å². The molecule has 0 unspecified atom stereocenters. The minimum atomic E-state index is -1.15. The largest absolute Gasteiger partial charge is 0.478 e. The molecule has 0 fully saturated rings. The molecule has 1 aliphatic rings. The molecule has 0 radical (unpaired) electrons. The molecule has 0 aliphatic heterocycles. The highest BCUT2D eigenvalue weighted by atomic mass is 35.5. The van der Waals surface area contributed by atoms with Gasteiger partial charge in [-0.15, -0.1) is 0 Å². The number of allylic oxidation sites excluding steroid dienone is 1. The van der Waals surface area contributed by atoms with E-state index in [1.165, 1.54) is 6.08 Å². The van der Waals surface area contributed by atoms with Crippen molar-refractivity contribution in [3.8, 4) is 11.8 Å². The quantitative estimate of drug-likeness (QED) is 0.212. The summed E-state index contributed by atoms with van der Waals surface area (Å²) in [5, 5.41) is 13.8. The first-order valence-electron chi connectivity index (χ1n) is 13.2. The summed E-state index contributed by atoms with van der Waals surface area (Å²) in [4.78, 5) is 30.7. The van der Waals surface area contributed by atoms with Gasteiger partial charge in [0.1, 0.15) is 0 Å². The highest BCUT2D eigenvalue weighted by Gasteiger charge is 2.23. The molecule has 0 spiro atoms. The lowest BCUT2D eigenvalue weighted by molar-refractivity contribution is -0.132. The zero-order chi connectivity index (χ0) is 28.6. The number of hydrogen-bond donors (Lipinski definition) is 2. The van der Waals surface area contributed by atoms with Crippen LogP contribution in [-0.2, 0) is 9.59 Å². The van der Waals surface area contributed by atoms with E-state index in [0.717, 1.165) is 35.2 Å². The third-order valence-corrected chi connectivity index (χ3v) is 7.00. The van der Waals surface area contributed by atoms with Crippen molar-refractivity contribution in [2.24, 2.45) is 4.99 Å². The predicted octanol–water partition coefficient (Wildman–Crippen LogP) is 7.62. The van der Waals surface area contributed by atoms with E-state index in [1.807, 2.05) is 74.5 Å². The average Bonchev–Trinajstić information content (AvgIpc) is 3.18. The van der Waals surface area contributed by atoms with Crippen LogP contribution in [0.1, 0.15) is 61.4 Å². The number of carboxylic acid groups (broad SMARTS) is 1.